The molecule has 0 saturated carbocycles. The molecule has 0 bridgehead atoms. The monoisotopic (exact) mass is 1880 g/mol. The number of carboxylic acids is 4. The Balaban J connectivity index is 1.64. The second-order valence-corrected chi connectivity index (χ2v) is 33.5. The van der Waals surface area contributed by atoms with Crippen LogP contribution in [0.4, 0.5) is 0 Å². The first-order valence-corrected chi connectivity index (χ1v) is 43.5. The Labute approximate surface area is 773 Å². The summed E-state index contributed by atoms with van der Waals surface area (Å²) in [5, 5.41) is 84.9. The largest absolute Gasteiger partial charge is 0.508 e. The van der Waals surface area contributed by atoms with Crippen molar-refractivity contribution in [1.82, 2.24) is 84.2 Å². The van der Waals surface area contributed by atoms with E-state index in [1.807, 2.05) is 19.9 Å². The second-order valence-electron chi connectivity index (χ2n) is 33.1. The van der Waals surface area contributed by atoms with Gasteiger partial charge >= 0.3 is 23.9 Å². The minimum absolute atomic E-state index is 0.0362. The molecule has 4 rings (SSSR count). The van der Waals surface area contributed by atoms with Gasteiger partial charge in [0.1, 0.15) is 90.3 Å². The summed E-state index contributed by atoms with van der Waals surface area (Å²) in [4.78, 5) is 278. The highest BCUT2D eigenvalue weighted by Gasteiger charge is 2.41. The third kappa shape index (κ3) is 39.1. The molecule has 44 nitrogen and oxygen atoms in total. The van der Waals surface area contributed by atoms with Crippen LogP contribution >= 0.6 is 12.6 Å². The normalized spacial score (nSPS) is 14.8. The van der Waals surface area contributed by atoms with E-state index in [2.05, 4.69) is 87.1 Å². The number of aliphatic carboxylic acids is 4. The number of primary amides is 2. The Morgan fingerprint density at radius 2 is 0.789 bits per heavy atom. The van der Waals surface area contributed by atoms with Crippen LogP contribution in [0, 0.1) is 5.41 Å². The summed E-state index contributed by atoms with van der Waals surface area (Å²) in [6.07, 6.45) is -4.41. The number of carbonyl (C=O) groups excluding carboxylic acids is 16. The summed E-state index contributed by atoms with van der Waals surface area (Å²) in [5.74, 6) is -25.4. The van der Waals surface area contributed by atoms with Gasteiger partial charge in [0, 0.05) is 57.5 Å². The molecule has 728 valence electrons. The van der Waals surface area contributed by atoms with Crippen molar-refractivity contribution in [2.45, 2.75) is 230 Å². The molecule has 0 aliphatic rings. The number of carbonyl (C=O) groups is 20. The number of likely N-dealkylation sites (N-methyl/N-ethyl adjacent to an activating group) is 2. The maximum atomic E-state index is 14.9. The van der Waals surface area contributed by atoms with E-state index in [-0.39, 0.29) is 24.4 Å². The first-order valence-electron chi connectivity index (χ1n) is 42.9. The molecule has 4 aromatic carbocycles. The van der Waals surface area contributed by atoms with E-state index < -0.39 is 284 Å². The highest BCUT2D eigenvalue weighted by molar-refractivity contribution is 7.80. The van der Waals surface area contributed by atoms with Crippen LogP contribution in [-0.4, -0.2) is 290 Å². The van der Waals surface area contributed by atoms with Crippen LogP contribution < -0.4 is 91.6 Å². The van der Waals surface area contributed by atoms with Gasteiger partial charge in [-0.3, -0.25) is 101 Å². The van der Waals surface area contributed by atoms with Crippen molar-refractivity contribution in [2.75, 3.05) is 46.0 Å². The van der Waals surface area contributed by atoms with E-state index in [1.165, 1.54) is 71.0 Å². The Hall–Kier alpha value is -13.7. The number of allylic oxidation sites excluding steroid dienone is 1. The smallest absolute Gasteiger partial charge is 0.305 e. The van der Waals surface area contributed by atoms with Gasteiger partial charge in [-0.15, -0.1) is 0 Å². The van der Waals surface area contributed by atoms with E-state index in [0.29, 0.717) is 41.4 Å². The molecule has 0 spiro atoms. The highest BCUT2D eigenvalue weighted by atomic mass is 32.1. The van der Waals surface area contributed by atoms with E-state index >= 15 is 0 Å². The number of phenolic OH excluding ortho intramolecular Hbond substituents is 1. The Kier molecular flexibility index (Phi) is 46.0. The fourth-order valence-corrected chi connectivity index (χ4v) is 13.6. The van der Waals surface area contributed by atoms with Gasteiger partial charge in [-0.25, -0.2) is 0 Å². The zero-order valence-corrected chi connectivity index (χ0v) is 76.9. The summed E-state index contributed by atoms with van der Waals surface area (Å²) < 4.78 is 0. The maximum Gasteiger partial charge on any atom is 0.305 e. The lowest BCUT2D eigenvalue weighted by atomic mass is 9.85. The standard InChI is InChI=1S/C88H125N19O25S/c1-12-21-49(13-2)42-107(11)44-65(103-74(119)46(4)89)85(130)93-47(5)75(120)96-61(39-67(90)109)82(127)94-56(32-34-68(110)111)77(122)99-60(38-53-26-20-25-52-24-18-19-27-55(52)53)79(124)92-48(6)76(121)104-66(45-133)86(131)95-57(33-35-69(112)113)78(123)100-62(40-70(114)115)83(128)98-58(36-50-22-16-15-17-23-50)80(125)97-59(37-51-28-30-54(108)31-29-51)81(126)101-63(41-71(116)117)84(129)105-72(88(7,8)9)87(132)102-64(73(91)118)43-106(10)14-3/h15-31,46-48,56-66,72,108,133H,12-14,32-45,89H2,1-11H3,(H2,90,109)(H2,91,118)(H,92,124)(H,93,130)(H,94,127)(H,95,131)(H,96,120)(H,97,125)(H,98,128)(H,99,122)(H,100,123)(H,101,126)(H,102,132)(H,103,119)(H,104,121)(H,105,129)(H,110,111)(H,112,113)(H,114,115)(H,116,117)/b49-21+/t46-,47+,48+,56-,57-,58-,59-,60-,61-,62-,63-,64-,65-,66+,72+/m0/s1. The number of hydrogen-bond acceptors (Lipinski definition) is 25. The van der Waals surface area contributed by atoms with Gasteiger partial charge < -0.3 is 122 Å². The number of carboxylic acid groups (broad SMARTS) is 4. The molecule has 0 aliphatic heterocycles. The van der Waals surface area contributed by atoms with E-state index in [1.54, 1.807) is 91.5 Å². The topological polar surface area (TPSA) is 696 Å². The van der Waals surface area contributed by atoms with Gasteiger partial charge in [-0.2, -0.15) is 12.6 Å². The molecule has 0 unspecified atom stereocenters. The summed E-state index contributed by atoms with van der Waals surface area (Å²) in [5.41, 5.74) is 17.8. The number of nitrogens with two attached hydrogens (primary N) is 3. The third-order valence-corrected chi connectivity index (χ3v) is 21.2. The fraction of sp³-hybridized carbons (Fsp3) is 0.500. The molecular formula is C88H125N19O25S. The molecule has 0 aromatic heterocycles. The van der Waals surface area contributed by atoms with Gasteiger partial charge in [-0.05, 0) is 112 Å². The molecule has 0 fully saturated rings. The van der Waals surface area contributed by atoms with Crippen molar-refractivity contribution in [1.29, 1.82) is 0 Å². The summed E-state index contributed by atoms with van der Waals surface area (Å²) in [6.45, 7) is 14.8. The van der Waals surface area contributed by atoms with Gasteiger partial charge in [0.15, 0.2) is 0 Å². The number of amides is 16. The van der Waals surface area contributed by atoms with Crippen LogP contribution in [0.15, 0.2) is 109 Å². The number of rotatable bonds is 57. The van der Waals surface area contributed by atoms with Crippen molar-refractivity contribution >= 4 is 142 Å². The number of thiol groups is 1. The molecule has 16 amide bonds. The Bertz CT molecular complexity index is 4820. The summed E-state index contributed by atoms with van der Waals surface area (Å²) in [6, 6.07) is -0.876. The molecule has 0 aliphatic carbocycles. The molecule has 45 heteroatoms. The van der Waals surface area contributed by atoms with Crippen molar-refractivity contribution in [3.05, 3.63) is 125 Å². The van der Waals surface area contributed by atoms with E-state index in [4.69, 9.17) is 17.2 Å². The third-order valence-electron chi connectivity index (χ3n) is 20.9. The molecule has 133 heavy (non-hydrogen) atoms. The number of aromatic hydroxyl groups is 1. The minimum atomic E-state index is -2.20. The molecule has 0 heterocycles. The van der Waals surface area contributed by atoms with E-state index in [0.717, 1.165) is 18.9 Å². The molecule has 25 N–H and O–H groups in total. The van der Waals surface area contributed by atoms with Crippen molar-refractivity contribution in [3.63, 3.8) is 0 Å². The molecule has 0 saturated heterocycles. The summed E-state index contributed by atoms with van der Waals surface area (Å²) in [7, 11) is 3.36. The van der Waals surface area contributed by atoms with Crippen molar-refractivity contribution in [2.24, 2.45) is 22.6 Å². The lowest BCUT2D eigenvalue weighted by Gasteiger charge is -2.33. The molecule has 0 radical (unpaired) electrons. The van der Waals surface area contributed by atoms with Gasteiger partial charge in [0.05, 0.1) is 25.3 Å². The van der Waals surface area contributed by atoms with Gasteiger partial charge in [0.25, 0.3) is 0 Å². The lowest BCUT2D eigenvalue weighted by molar-refractivity contribution is -0.142. The number of hydrogen-bond donors (Lipinski definition) is 23. The first-order chi connectivity index (χ1) is 62.5. The molecule has 4 aromatic rings. The predicted molar refractivity (Wildman–Crippen MR) is 486 cm³/mol. The van der Waals surface area contributed by atoms with Gasteiger partial charge in [-0.1, -0.05) is 138 Å². The van der Waals surface area contributed by atoms with Crippen LogP contribution in [0.2, 0.25) is 0 Å². The van der Waals surface area contributed by atoms with Crippen molar-refractivity contribution in [3.8, 4) is 5.75 Å². The number of nitrogens with zero attached hydrogens (tertiary/aromatic N) is 2. The SMILES string of the molecule is CC/C=C(\CC)CN(C)C[C@H](NC(=O)[C@H](C)N)C(=O)N[C@H](C)C(=O)N[C@@H](CC(N)=O)C(=O)N[C@@H](CCC(=O)O)C(=O)N[C@@H](Cc1cccc2ccccc12)C(=O)N[C@H](C)C(=O)N[C@H](CS)C(=O)N[C@@H](CCC(=O)O)C(=O)N[C@@H](CC(=O)O)C(=O)N[C@@H](Cc1ccccc1)C(=O)N[C@@H](Cc1ccc(O)cc1)C(=O)N[C@@H](CC(=O)O)C(=O)N[C@H](C(=O)N[C@@H](CN(C)CC)C(N)=O)C(C)(C)C. The number of benzene rings is 4. The first kappa shape index (κ1) is 112. The van der Waals surface area contributed by atoms with Gasteiger partial charge in [0.2, 0.25) is 94.5 Å². The minimum Gasteiger partial charge on any atom is -0.508 e. The zero-order chi connectivity index (χ0) is 99.8. The zero-order valence-electron chi connectivity index (χ0n) is 76.0. The van der Waals surface area contributed by atoms with Crippen LogP contribution in [0.25, 0.3) is 10.8 Å². The van der Waals surface area contributed by atoms with Crippen LogP contribution in [0.5, 0.6) is 5.75 Å². The molecule has 15 atom stereocenters. The quantitative estimate of drug-likeness (QED) is 0.0150. The predicted octanol–water partition coefficient (Wildman–Crippen LogP) is -3.61. The molecular weight excluding hydrogens is 1760 g/mol. The van der Waals surface area contributed by atoms with Crippen molar-refractivity contribution < 1.29 is 121 Å². The number of nitrogens with one attached hydrogen (secondary N) is 14. The van der Waals surface area contributed by atoms with Crippen LogP contribution in [0.1, 0.15) is 137 Å². The fourth-order valence-electron chi connectivity index (χ4n) is 13.4. The average molecular weight is 1880 g/mol. The second kappa shape index (κ2) is 54.8. The lowest BCUT2D eigenvalue weighted by Crippen LogP contribution is -2.63. The maximum absolute atomic E-state index is 14.9. The average Bonchev–Trinajstić information content (AvgIpc) is 0.814. The van der Waals surface area contributed by atoms with Crippen LogP contribution in [-0.2, 0) is 115 Å². The summed E-state index contributed by atoms with van der Waals surface area (Å²) >= 11 is 4.22. The van der Waals surface area contributed by atoms with E-state index in [9.17, 15) is 121 Å². The Morgan fingerprint density at radius 1 is 0.406 bits per heavy atom. The van der Waals surface area contributed by atoms with Crippen LogP contribution in [0.3, 0.4) is 0 Å². The number of phenols is 1. The Morgan fingerprint density at radius 3 is 1.24 bits per heavy atom. The highest BCUT2D eigenvalue weighted by Crippen LogP contribution is 2.23. The number of fused-ring (bicyclic) bond motifs is 1.